The zero-order chi connectivity index (χ0) is 16.8. The van der Waals surface area contributed by atoms with Gasteiger partial charge in [-0.25, -0.2) is 0 Å². The second-order valence-corrected chi connectivity index (χ2v) is 5.27. The number of carbonyl (C=O) groups is 2. The van der Waals surface area contributed by atoms with Crippen LogP contribution in [0.25, 0.3) is 0 Å². The maximum absolute atomic E-state index is 11.8. The van der Waals surface area contributed by atoms with E-state index in [9.17, 15) is 14.7 Å². The summed E-state index contributed by atoms with van der Waals surface area (Å²) in [7, 11) is 0. The summed E-state index contributed by atoms with van der Waals surface area (Å²) < 4.78 is 5.57. The van der Waals surface area contributed by atoms with Crippen LogP contribution in [0.2, 0.25) is 0 Å². The molecule has 0 aliphatic carbocycles. The summed E-state index contributed by atoms with van der Waals surface area (Å²) >= 11 is 0. The van der Waals surface area contributed by atoms with Gasteiger partial charge < -0.3 is 20.0 Å². The number of para-hydroxylation sites is 1. The van der Waals surface area contributed by atoms with E-state index in [-0.39, 0.29) is 18.1 Å². The third kappa shape index (κ3) is 4.57. The molecule has 0 saturated heterocycles. The Bertz CT molecular complexity index is 687. The summed E-state index contributed by atoms with van der Waals surface area (Å²) in [6, 6.07) is 12.0. The summed E-state index contributed by atoms with van der Waals surface area (Å²) in [5, 5.41) is 13.4. The number of hydrogen-bond acceptors (Lipinski definition) is 4. The van der Waals surface area contributed by atoms with Gasteiger partial charge in [0.05, 0.1) is 5.97 Å². The molecule has 120 valence electrons. The molecule has 23 heavy (non-hydrogen) atoms. The molecule has 0 fully saturated rings. The first-order valence-electron chi connectivity index (χ1n) is 7.23. The first kappa shape index (κ1) is 16.5. The van der Waals surface area contributed by atoms with Crippen LogP contribution in [0.4, 0.5) is 0 Å². The lowest BCUT2D eigenvalue weighted by Gasteiger charge is -2.12. The number of carbonyl (C=O) groups excluding carboxylic acids is 2. The Morgan fingerprint density at radius 3 is 2.22 bits per heavy atom. The number of benzene rings is 2. The van der Waals surface area contributed by atoms with E-state index in [2.05, 4.69) is 5.32 Å². The molecule has 2 rings (SSSR count). The molecule has 0 aliphatic heterocycles. The van der Waals surface area contributed by atoms with Gasteiger partial charge in [0.25, 0.3) is 5.91 Å². The Morgan fingerprint density at radius 2 is 1.65 bits per heavy atom. The van der Waals surface area contributed by atoms with Gasteiger partial charge in [-0.15, -0.1) is 0 Å². The third-order valence-corrected chi connectivity index (χ3v) is 3.44. The van der Waals surface area contributed by atoms with E-state index in [1.807, 2.05) is 32.0 Å². The van der Waals surface area contributed by atoms with Crippen molar-refractivity contribution in [2.45, 2.75) is 20.4 Å². The van der Waals surface area contributed by atoms with Gasteiger partial charge in [0, 0.05) is 6.54 Å². The lowest BCUT2D eigenvalue weighted by Crippen LogP contribution is -2.28. The molecule has 0 radical (unpaired) electrons. The zero-order valence-corrected chi connectivity index (χ0v) is 13.1. The Kier molecular flexibility index (Phi) is 5.36. The molecular formula is C18H18NO4-. The van der Waals surface area contributed by atoms with E-state index < -0.39 is 5.97 Å². The van der Waals surface area contributed by atoms with Crippen molar-refractivity contribution in [3.05, 3.63) is 64.7 Å². The highest BCUT2D eigenvalue weighted by Crippen LogP contribution is 2.21. The Balaban J connectivity index is 1.84. The maximum atomic E-state index is 11.8. The number of aromatic carboxylic acids is 1. The molecule has 1 N–H and O–H groups in total. The molecule has 0 aromatic heterocycles. The average molecular weight is 312 g/mol. The predicted molar refractivity (Wildman–Crippen MR) is 84.0 cm³/mol. The van der Waals surface area contributed by atoms with E-state index in [4.69, 9.17) is 4.74 Å². The van der Waals surface area contributed by atoms with Gasteiger partial charge in [0.1, 0.15) is 5.75 Å². The van der Waals surface area contributed by atoms with Crippen LogP contribution in [0.1, 0.15) is 27.0 Å². The molecule has 5 heteroatoms. The first-order valence-corrected chi connectivity index (χ1v) is 7.23. The van der Waals surface area contributed by atoms with E-state index in [1.54, 1.807) is 12.1 Å². The minimum absolute atomic E-state index is 0.0666. The summed E-state index contributed by atoms with van der Waals surface area (Å²) in [6.45, 7) is 4.10. The molecule has 5 nitrogen and oxygen atoms in total. The summed E-state index contributed by atoms with van der Waals surface area (Å²) in [6.07, 6.45) is 0. The van der Waals surface area contributed by atoms with Crippen LogP contribution in [0, 0.1) is 13.8 Å². The van der Waals surface area contributed by atoms with Crippen molar-refractivity contribution in [2.24, 2.45) is 0 Å². The highest BCUT2D eigenvalue weighted by molar-refractivity contribution is 5.85. The van der Waals surface area contributed by atoms with Crippen molar-refractivity contribution in [1.82, 2.24) is 5.32 Å². The Labute approximate surface area is 134 Å². The summed E-state index contributed by atoms with van der Waals surface area (Å²) in [5.41, 5.74) is 2.88. The van der Waals surface area contributed by atoms with Crippen LogP contribution >= 0.6 is 0 Å². The van der Waals surface area contributed by atoms with E-state index >= 15 is 0 Å². The van der Waals surface area contributed by atoms with Crippen LogP contribution in [0.15, 0.2) is 42.5 Å². The summed E-state index contributed by atoms with van der Waals surface area (Å²) in [4.78, 5) is 22.5. The van der Waals surface area contributed by atoms with Crippen molar-refractivity contribution in [3.63, 3.8) is 0 Å². The van der Waals surface area contributed by atoms with Gasteiger partial charge in [-0.2, -0.15) is 0 Å². The Hall–Kier alpha value is -2.82. The van der Waals surface area contributed by atoms with Gasteiger partial charge in [-0.1, -0.05) is 42.5 Å². The highest BCUT2D eigenvalue weighted by Gasteiger charge is 2.07. The number of rotatable bonds is 6. The number of nitrogens with one attached hydrogen (secondary N) is 1. The fraction of sp³-hybridized carbons (Fsp3) is 0.222. The molecular weight excluding hydrogens is 294 g/mol. The molecule has 0 bridgehead atoms. The number of amides is 1. The second kappa shape index (κ2) is 7.45. The molecule has 0 heterocycles. The van der Waals surface area contributed by atoms with Crippen molar-refractivity contribution >= 4 is 11.9 Å². The van der Waals surface area contributed by atoms with Crippen molar-refractivity contribution < 1.29 is 19.4 Å². The molecule has 0 atom stereocenters. The van der Waals surface area contributed by atoms with Gasteiger partial charge in [0.15, 0.2) is 6.61 Å². The van der Waals surface area contributed by atoms with Crippen molar-refractivity contribution in [3.8, 4) is 5.75 Å². The van der Waals surface area contributed by atoms with Crippen LogP contribution in [0.3, 0.4) is 0 Å². The minimum Gasteiger partial charge on any atom is -0.545 e. The topological polar surface area (TPSA) is 78.5 Å². The number of carboxylic acids is 1. The quantitative estimate of drug-likeness (QED) is 0.873. The lowest BCUT2D eigenvalue weighted by molar-refractivity contribution is -0.255. The monoisotopic (exact) mass is 312 g/mol. The fourth-order valence-electron chi connectivity index (χ4n) is 2.17. The smallest absolute Gasteiger partial charge is 0.258 e. The summed E-state index contributed by atoms with van der Waals surface area (Å²) in [5.74, 6) is -0.736. The average Bonchev–Trinajstić information content (AvgIpc) is 2.53. The van der Waals surface area contributed by atoms with Gasteiger partial charge in [0.2, 0.25) is 0 Å². The third-order valence-electron chi connectivity index (χ3n) is 3.44. The number of ether oxygens (including phenoxy) is 1. The lowest BCUT2D eigenvalue weighted by atomic mass is 10.1. The maximum Gasteiger partial charge on any atom is 0.258 e. The first-order chi connectivity index (χ1) is 11.0. The highest BCUT2D eigenvalue weighted by atomic mass is 16.5. The SMILES string of the molecule is Cc1cccc(C)c1OCC(=O)NCc1ccc(C(=O)[O-])cc1. The van der Waals surface area contributed by atoms with Gasteiger partial charge in [-0.3, -0.25) is 4.79 Å². The molecule has 2 aromatic carbocycles. The van der Waals surface area contributed by atoms with E-state index in [0.717, 1.165) is 22.4 Å². The van der Waals surface area contributed by atoms with Crippen molar-refractivity contribution in [1.29, 1.82) is 0 Å². The van der Waals surface area contributed by atoms with E-state index in [0.29, 0.717) is 6.54 Å². The predicted octanol–water partition coefficient (Wildman–Crippen LogP) is 1.36. The van der Waals surface area contributed by atoms with Crippen LogP contribution in [-0.2, 0) is 11.3 Å². The number of carboxylic acid groups (broad SMARTS) is 1. The molecule has 0 unspecified atom stereocenters. The molecule has 0 spiro atoms. The van der Waals surface area contributed by atoms with E-state index in [1.165, 1.54) is 12.1 Å². The minimum atomic E-state index is -1.22. The van der Waals surface area contributed by atoms with Crippen LogP contribution < -0.4 is 15.2 Å². The second-order valence-electron chi connectivity index (χ2n) is 5.27. The molecule has 0 aliphatic rings. The fourth-order valence-corrected chi connectivity index (χ4v) is 2.17. The van der Waals surface area contributed by atoms with Crippen LogP contribution in [0.5, 0.6) is 5.75 Å². The van der Waals surface area contributed by atoms with Gasteiger partial charge >= 0.3 is 0 Å². The normalized spacial score (nSPS) is 10.2. The standard InChI is InChI=1S/C18H19NO4/c1-12-4-3-5-13(2)17(12)23-11-16(20)19-10-14-6-8-15(9-7-14)18(21)22/h3-9H,10-11H2,1-2H3,(H,19,20)(H,21,22)/p-1. The molecule has 1 amide bonds. The number of aryl methyl sites for hydroxylation is 2. The van der Waals surface area contributed by atoms with Crippen LogP contribution in [-0.4, -0.2) is 18.5 Å². The molecule has 2 aromatic rings. The van der Waals surface area contributed by atoms with Gasteiger partial charge in [-0.05, 0) is 36.1 Å². The zero-order valence-electron chi connectivity index (χ0n) is 13.1. The largest absolute Gasteiger partial charge is 0.545 e. The number of hydrogen-bond donors (Lipinski definition) is 1. The Morgan fingerprint density at radius 1 is 1.04 bits per heavy atom. The molecule has 0 saturated carbocycles. The van der Waals surface area contributed by atoms with Crippen molar-refractivity contribution in [2.75, 3.05) is 6.61 Å².